The maximum atomic E-state index is 4.99. The van der Waals surface area contributed by atoms with Crippen LogP contribution in [0.25, 0.3) is 32.8 Å². The first-order chi connectivity index (χ1) is 23.6. The largest absolute Gasteiger partial charge is 0.358 e. The Bertz CT molecular complexity index is 1920. The van der Waals surface area contributed by atoms with Gasteiger partial charge >= 0.3 is 0 Å². The topological polar surface area (TPSA) is 17.3 Å². The maximum Gasteiger partial charge on any atom is 0.0494 e. The standard InChI is InChI=1S/C47H61N2.CH3.Hf/c1-12-16-28-49-43-27-24-34(8)45(46(43)36(10)47(49)32(5)6)44(33(7)13-2)42(48-11)23-19-20-37(14-3)30-38(15-4)25-26-39-29-35(9)41-22-18-17-21-40(41)31-39;;/h14,17-19,21-22,24,27,29-31H,5,12-13,15-16,20,23,25-26,28H2,1-4,6-11H3;1H3;/q2*-1;/b37-14-,38-30+,44-33+,48-42?;;. The number of rotatable bonds is 16. The molecule has 3 heteroatoms. The smallest absolute Gasteiger partial charge is 0.0494 e. The van der Waals surface area contributed by atoms with Crippen molar-refractivity contribution in [3.63, 3.8) is 0 Å². The molecule has 51 heavy (non-hydrogen) atoms. The number of fused-ring (bicyclic) bond motifs is 2. The van der Waals surface area contributed by atoms with Crippen LogP contribution in [0.1, 0.15) is 120 Å². The molecule has 1 aromatic heterocycles. The first kappa shape index (κ1) is 44.1. The summed E-state index contributed by atoms with van der Waals surface area (Å²) in [6.07, 6.45) is 15.5. The molecule has 0 fully saturated rings. The van der Waals surface area contributed by atoms with E-state index in [2.05, 4.69) is 141 Å². The molecule has 0 N–H and O–H groups in total. The molecule has 0 aliphatic carbocycles. The fraction of sp³-hybridized carbons (Fsp3) is 0.396. The zero-order valence-corrected chi connectivity index (χ0v) is 37.4. The van der Waals surface area contributed by atoms with Gasteiger partial charge in [0.2, 0.25) is 0 Å². The van der Waals surface area contributed by atoms with E-state index in [4.69, 9.17) is 4.99 Å². The van der Waals surface area contributed by atoms with Crippen LogP contribution in [-0.2, 0) is 38.8 Å². The van der Waals surface area contributed by atoms with Gasteiger partial charge in [0.1, 0.15) is 0 Å². The summed E-state index contributed by atoms with van der Waals surface area (Å²) < 4.78 is 2.52. The Kier molecular flexibility index (Phi) is 18.0. The Hall–Kier alpha value is -3.04. The molecule has 4 rings (SSSR count). The van der Waals surface area contributed by atoms with Crippen LogP contribution in [0.5, 0.6) is 0 Å². The molecule has 0 spiro atoms. The summed E-state index contributed by atoms with van der Waals surface area (Å²) >= 11 is 0. The molecule has 0 saturated heterocycles. The van der Waals surface area contributed by atoms with Crippen LogP contribution in [0.4, 0.5) is 0 Å². The Morgan fingerprint density at radius 2 is 1.67 bits per heavy atom. The van der Waals surface area contributed by atoms with Crippen molar-refractivity contribution in [1.82, 2.24) is 4.57 Å². The molecule has 272 valence electrons. The molecular formula is C48H64HfN2-2. The molecule has 0 amide bonds. The second kappa shape index (κ2) is 20.9. The van der Waals surface area contributed by atoms with Crippen LogP contribution in [0, 0.1) is 34.6 Å². The van der Waals surface area contributed by atoms with Gasteiger partial charge in [-0.15, -0.1) is 6.42 Å². The zero-order valence-electron chi connectivity index (χ0n) is 33.8. The SMILES string of the molecule is C=C(C)c1c(C)c2c(/C(C(C[CH-]CC(=C/C)/C=C(\CC)CCc3cc(C)c4ccccc4c3)=NC)=C(\C)CC)c(C)ccc2n1CCCC.[CH3-].[Hf]. The predicted molar refractivity (Wildman–Crippen MR) is 226 cm³/mol. The molecule has 1 heterocycles. The van der Waals surface area contributed by atoms with E-state index in [1.54, 1.807) is 0 Å². The molecule has 2 nitrogen and oxygen atoms in total. The van der Waals surface area contributed by atoms with Crippen molar-refractivity contribution in [2.45, 2.75) is 120 Å². The summed E-state index contributed by atoms with van der Waals surface area (Å²) in [5.41, 5.74) is 17.3. The van der Waals surface area contributed by atoms with Gasteiger partial charge in [0.05, 0.1) is 0 Å². The third kappa shape index (κ3) is 10.3. The van der Waals surface area contributed by atoms with E-state index in [0.717, 1.165) is 57.1 Å². The molecule has 0 aliphatic rings. The number of aliphatic imine (C=N–C) groups is 1. The number of hydrogen-bond acceptors (Lipinski definition) is 1. The summed E-state index contributed by atoms with van der Waals surface area (Å²) in [4.78, 5) is 4.99. The molecule has 0 unspecified atom stereocenters. The van der Waals surface area contributed by atoms with Crippen LogP contribution in [0.3, 0.4) is 0 Å². The average Bonchev–Trinajstić information content (AvgIpc) is 3.39. The van der Waals surface area contributed by atoms with Gasteiger partial charge in [0.25, 0.3) is 0 Å². The summed E-state index contributed by atoms with van der Waals surface area (Å²) in [5.74, 6) is 0. The van der Waals surface area contributed by atoms with Gasteiger partial charge in [-0.1, -0.05) is 105 Å². The molecular weight excluding hydrogens is 783 g/mol. The van der Waals surface area contributed by atoms with E-state index >= 15 is 0 Å². The maximum absolute atomic E-state index is 4.99. The number of aryl methyl sites for hydroxylation is 5. The minimum atomic E-state index is 0. The molecule has 0 bridgehead atoms. The van der Waals surface area contributed by atoms with Gasteiger partial charge in [-0.05, 0) is 129 Å². The summed E-state index contributed by atoms with van der Waals surface area (Å²) in [7, 11) is 1.97. The van der Waals surface area contributed by atoms with E-state index < -0.39 is 0 Å². The van der Waals surface area contributed by atoms with Crippen molar-refractivity contribution in [3.8, 4) is 0 Å². The predicted octanol–water partition coefficient (Wildman–Crippen LogP) is 14.2. The average molecular weight is 848 g/mol. The van der Waals surface area contributed by atoms with Crippen molar-refractivity contribution in [2.24, 2.45) is 4.99 Å². The monoisotopic (exact) mass is 848 g/mol. The normalized spacial score (nSPS) is 12.9. The zero-order chi connectivity index (χ0) is 35.7. The van der Waals surface area contributed by atoms with Crippen molar-refractivity contribution in [1.29, 1.82) is 0 Å². The quantitative estimate of drug-likeness (QED) is 0.0463. The summed E-state index contributed by atoms with van der Waals surface area (Å²) in [6, 6.07) is 18.1. The molecule has 3 aromatic carbocycles. The van der Waals surface area contributed by atoms with E-state index in [-0.39, 0.29) is 33.3 Å². The van der Waals surface area contributed by atoms with Gasteiger partial charge in [-0.25, -0.2) is 0 Å². The third-order valence-corrected chi connectivity index (χ3v) is 10.4. The molecule has 0 aliphatic heterocycles. The molecule has 0 radical (unpaired) electrons. The van der Waals surface area contributed by atoms with Crippen LogP contribution in [0.15, 0.2) is 89.0 Å². The molecule has 0 atom stereocenters. The van der Waals surface area contributed by atoms with Gasteiger partial charge in [0, 0.05) is 61.7 Å². The van der Waals surface area contributed by atoms with Crippen LogP contribution < -0.4 is 0 Å². The fourth-order valence-electron chi connectivity index (χ4n) is 7.53. The number of benzene rings is 3. The van der Waals surface area contributed by atoms with Gasteiger partial charge in [-0.3, -0.25) is 4.99 Å². The van der Waals surface area contributed by atoms with Crippen LogP contribution in [-0.4, -0.2) is 17.3 Å². The first-order valence-electron chi connectivity index (χ1n) is 18.7. The molecule has 0 saturated carbocycles. The Morgan fingerprint density at radius 3 is 2.29 bits per heavy atom. The van der Waals surface area contributed by atoms with E-state index in [1.807, 2.05) is 7.05 Å². The van der Waals surface area contributed by atoms with Crippen molar-refractivity contribution in [2.75, 3.05) is 7.05 Å². The van der Waals surface area contributed by atoms with Gasteiger partial charge < -0.3 is 18.4 Å². The number of aromatic nitrogens is 1. The number of nitrogens with zero attached hydrogens (tertiary/aromatic N) is 2. The van der Waals surface area contributed by atoms with Crippen molar-refractivity contribution in [3.05, 3.63) is 131 Å². The van der Waals surface area contributed by atoms with Crippen molar-refractivity contribution >= 4 is 38.5 Å². The Balaban J connectivity index is 0.00000451. The van der Waals surface area contributed by atoms with Crippen molar-refractivity contribution < 1.29 is 25.8 Å². The Morgan fingerprint density at radius 1 is 0.941 bits per heavy atom. The minimum Gasteiger partial charge on any atom is -0.358 e. The number of hydrogen-bond donors (Lipinski definition) is 0. The minimum absolute atomic E-state index is 0. The summed E-state index contributed by atoms with van der Waals surface area (Å²) in [5, 5.41) is 4.06. The van der Waals surface area contributed by atoms with E-state index in [0.29, 0.717) is 0 Å². The Labute approximate surface area is 330 Å². The fourth-order valence-corrected chi connectivity index (χ4v) is 7.53. The van der Waals surface area contributed by atoms with Gasteiger partial charge in [0.15, 0.2) is 0 Å². The van der Waals surface area contributed by atoms with Gasteiger partial charge in [-0.2, -0.15) is 6.42 Å². The second-order valence-corrected chi connectivity index (χ2v) is 13.9. The number of unbranched alkanes of at least 4 members (excludes halogenated alkanes) is 1. The van der Waals surface area contributed by atoms with Crippen LogP contribution >= 0.6 is 0 Å². The second-order valence-electron chi connectivity index (χ2n) is 13.9. The third-order valence-electron chi connectivity index (χ3n) is 10.4. The van der Waals surface area contributed by atoms with E-state index in [9.17, 15) is 0 Å². The molecule has 4 aromatic rings. The number of allylic oxidation sites excluding steroid dienone is 7. The van der Waals surface area contributed by atoms with Crippen LogP contribution in [0.2, 0.25) is 0 Å². The van der Waals surface area contributed by atoms with E-state index in [1.165, 1.54) is 89.6 Å². The summed E-state index contributed by atoms with van der Waals surface area (Å²) in [6.45, 7) is 25.7. The first-order valence-corrected chi connectivity index (χ1v) is 18.7.